The van der Waals surface area contributed by atoms with Crippen LogP contribution in [0.3, 0.4) is 0 Å². The van der Waals surface area contributed by atoms with E-state index >= 15 is 0 Å². The summed E-state index contributed by atoms with van der Waals surface area (Å²) >= 11 is 1.96. The molecule has 1 aliphatic heterocycles. The molecule has 1 amide bonds. The second kappa shape index (κ2) is 8.51. The number of hydrogen-bond donors (Lipinski definition) is 4. The minimum atomic E-state index is -1.11. The van der Waals surface area contributed by atoms with Crippen LogP contribution in [0.4, 0.5) is 0 Å². The summed E-state index contributed by atoms with van der Waals surface area (Å²) in [6.07, 6.45) is 0.123. The highest BCUT2D eigenvalue weighted by Gasteiger charge is 2.11. The van der Waals surface area contributed by atoms with Crippen molar-refractivity contribution in [2.45, 2.75) is 18.9 Å². The smallest absolute Gasteiger partial charge is 0.320 e. The number of nitrogens with two attached hydrogens (primary N) is 2. The Labute approximate surface area is 92.8 Å². The third-order valence-electron chi connectivity index (χ3n) is 1.65. The Morgan fingerprint density at radius 3 is 2.47 bits per heavy atom. The maximum Gasteiger partial charge on any atom is 0.320 e. The summed E-state index contributed by atoms with van der Waals surface area (Å²) in [5.41, 5.74) is 9.81. The molecule has 1 aliphatic rings. The van der Waals surface area contributed by atoms with Gasteiger partial charge in [0.25, 0.3) is 0 Å². The first-order chi connectivity index (χ1) is 7.04. The summed E-state index contributed by atoms with van der Waals surface area (Å²) in [4.78, 5) is 20.1. The Morgan fingerprint density at radius 1 is 1.53 bits per heavy atom. The van der Waals surface area contributed by atoms with Gasteiger partial charge in [-0.15, -0.1) is 11.8 Å². The van der Waals surface area contributed by atoms with Gasteiger partial charge in [0.1, 0.15) is 6.04 Å². The Kier molecular flexibility index (Phi) is 8.06. The van der Waals surface area contributed by atoms with Crippen molar-refractivity contribution in [1.82, 2.24) is 5.32 Å². The molecule has 0 aromatic heterocycles. The lowest BCUT2D eigenvalue weighted by molar-refractivity contribution is -0.138. The Hall–Kier alpha value is -0.790. The van der Waals surface area contributed by atoms with E-state index in [4.69, 9.17) is 16.6 Å². The third kappa shape index (κ3) is 9.51. The van der Waals surface area contributed by atoms with Crippen molar-refractivity contribution in [2.75, 3.05) is 18.2 Å². The monoisotopic (exact) mass is 235 g/mol. The van der Waals surface area contributed by atoms with Gasteiger partial charge in [-0.3, -0.25) is 9.59 Å². The van der Waals surface area contributed by atoms with Gasteiger partial charge in [-0.2, -0.15) is 0 Å². The van der Waals surface area contributed by atoms with Crippen LogP contribution in [0.25, 0.3) is 0 Å². The van der Waals surface area contributed by atoms with E-state index in [1.807, 2.05) is 11.8 Å². The standard InChI is InChI=1S/C5H10N2O3.C3H7NS/c6-3(5(9)10)1-2-4(7)8;1-2-5-3-4-1/h3H,1-2,6H2,(H2,7,8)(H,9,10);4H,1-3H2/t3-;/m0./s1. The highest BCUT2D eigenvalue weighted by Crippen LogP contribution is 1.99. The topological polar surface area (TPSA) is 118 Å². The molecule has 15 heavy (non-hydrogen) atoms. The maximum atomic E-state index is 10.1. The van der Waals surface area contributed by atoms with E-state index in [0.717, 1.165) is 0 Å². The lowest BCUT2D eigenvalue weighted by Crippen LogP contribution is -2.31. The first kappa shape index (κ1) is 14.2. The largest absolute Gasteiger partial charge is 0.480 e. The van der Waals surface area contributed by atoms with Crippen LogP contribution < -0.4 is 16.8 Å². The molecule has 0 bridgehead atoms. The van der Waals surface area contributed by atoms with Gasteiger partial charge in [0, 0.05) is 24.6 Å². The number of carbonyl (C=O) groups is 2. The quantitative estimate of drug-likeness (QED) is 0.493. The lowest BCUT2D eigenvalue weighted by Gasteiger charge is -2.01. The minimum absolute atomic E-state index is 0.0213. The van der Waals surface area contributed by atoms with Crippen LogP contribution in [0.5, 0.6) is 0 Å². The Morgan fingerprint density at radius 2 is 2.20 bits per heavy atom. The predicted octanol–water partition coefficient (Wildman–Crippen LogP) is -1.06. The van der Waals surface area contributed by atoms with Gasteiger partial charge in [-0.25, -0.2) is 0 Å². The molecule has 6 N–H and O–H groups in total. The molecule has 0 saturated carbocycles. The van der Waals surface area contributed by atoms with Gasteiger partial charge < -0.3 is 21.9 Å². The van der Waals surface area contributed by atoms with Gasteiger partial charge in [-0.1, -0.05) is 0 Å². The van der Waals surface area contributed by atoms with Crippen molar-refractivity contribution in [3.8, 4) is 0 Å². The molecular weight excluding hydrogens is 218 g/mol. The number of nitrogens with one attached hydrogen (secondary N) is 1. The molecule has 0 unspecified atom stereocenters. The van der Waals surface area contributed by atoms with Crippen LogP contribution in [0, 0.1) is 0 Å². The summed E-state index contributed by atoms with van der Waals surface area (Å²) < 4.78 is 0. The van der Waals surface area contributed by atoms with Crippen molar-refractivity contribution in [1.29, 1.82) is 0 Å². The van der Waals surface area contributed by atoms with Crippen molar-refractivity contribution >= 4 is 23.6 Å². The first-order valence-electron chi connectivity index (χ1n) is 4.59. The first-order valence-corrected chi connectivity index (χ1v) is 5.74. The van der Waals surface area contributed by atoms with Gasteiger partial charge >= 0.3 is 5.97 Å². The number of thioether (sulfide) groups is 1. The molecule has 1 saturated heterocycles. The summed E-state index contributed by atoms with van der Waals surface area (Å²) in [5.74, 6) is 0.831. The molecule has 0 aromatic carbocycles. The molecule has 1 rings (SSSR count). The minimum Gasteiger partial charge on any atom is -0.480 e. The van der Waals surface area contributed by atoms with E-state index in [1.54, 1.807) is 0 Å². The van der Waals surface area contributed by atoms with Gasteiger partial charge in [-0.05, 0) is 6.42 Å². The number of primary amides is 1. The fraction of sp³-hybridized carbons (Fsp3) is 0.750. The average Bonchev–Trinajstić information content (AvgIpc) is 2.71. The van der Waals surface area contributed by atoms with Crippen LogP contribution in [0.1, 0.15) is 12.8 Å². The predicted molar refractivity (Wildman–Crippen MR) is 59.4 cm³/mol. The zero-order valence-electron chi connectivity index (χ0n) is 8.44. The fourth-order valence-electron chi connectivity index (χ4n) is 0.782. The summed E-state index contributed by atoms with van der Waals surface area (Å²) in [6.45, 7) is 1.21. The number of carboxylic acid groups (broad SMARTS) is 1. The zero-order chi connectivity index (χ0) is 11.7. The zero-order valence-corrected chi connectivity index (χ0v) is 9.26. The molecule has 7 heteroatoms. The fourth-order valence-corrected chi connectivity index (χ4v) is 1.50. The number of carboxylic acids is 1. The number of carbonyl (C=O) groups excluding carboxylic acids is 1. The summed E-state index contributed by atoms with van der Waals surface area (Å²) in [7, 11) is 0. The number of amides is 1. The molecular formula is C8H17N3O3S. The normalized spacial score (nSPS) is 16.3. The summed E-state index contributed by atoms with van der Waals surface area (Å²) in [6, 6.07) is -0.979. The van der Waals surface area contributed by atoms with Crippen molar-refractivity contribution < 1.29 is 14.7 Å². The van der Waals surface area contributed by atoms with Gasteiger partial charge in [0.15, 0.2) is 0 Å². The molecule has 6 nitrogen and oxygen atoms in total. The van der Waals surface area contributed by atoms with Gasteiger partial charge in [0.2, 0.25) is 5.91 Å². The van der Waals surface area contributed by atoms with Gasteiger partial charge in [0.05, 0.1) is 0 Å². The molecule has 0 radical (unpaired) electrons. The van der Waals surface area contributed by atoms with Crippen molar-refractivity contribution in [3.63, 3.8) is 0 Å². The third-order valence-corrected chi connectivity index (χ3v) is 2.55. The number of aliphatic carboxylic acids is 1. The molecule has 1 fully saturated rings. The highest BCUT2D eigenvalue weighted by atomic mass is 32.2. The van der Waals surface area contributed by atoms with Crippen LogP contribution in [-0.4, -0.2) is 41.2 Å². The molecule has 0 aliphatic carbocycles. The molecule has 1 atom stereocenters. The van der Waals surface area contributed by atoms with E-state index in [1.165, 1.54) is 18.2 Å². The SMILES string of the molecule is C1CSCN1.NC(=O)CC[C@H](N)C(=O)O. The molecule has 0 spiro atoms. The van der Waals surface area contributed by atoms with Crippen LogP contribution in [0.15, 0.2) is 0 Å². The van der Waals surface area contributed by atoms with Crippen LogP contribution in [-0.2, 0) is 9.59 Å². The Balaban J connectivity index is 0.000000322. The Bertz CT molecular complexity index is 202. The molecule has 88 valence electrons. The second-order valence-corrected chi connectivity index (χ2v) is 4.11. The molecule has 0 aromatic rings. The van der Waals surface area contributed by atoms with Crippen molar-refractivity contribution in [3.05, 3.63) is 0 Å². The van der Waals surface area contributed by atoms with Crippen LogP contribution >= 0.6 is 11.8 Å². The van der Waals surface area contributed by atoms with Crippen molar-refractivity contribution in [2.24, 2.45) is 11.5 Å². The summed E-state index contributed by atoms with van der Waals surface area (Å²) in [5, 5.41) is 11.4. The second-order valence-electron chi connectivity index (χ2n) is 3.00. The highest BCUT2D eigenvalue weighted by molar-refractivity contribution is 7.99. The maximum absolute atomic E-state index is 10.1. The molecule has 1 heterocycles. The van der Waals surface area contributed by atoms with E-state index in [-0.39, 0.29) is 12.8 Å². The number of hydrogen-bond acceptors (Lipinski definition) is 5. The lowest BCUT2D eigenvalue weighted by atomic mass is 10.2. The van der Waals surface area contributed by atoms with E-state index < -0.39 is 17.9 Å². The van der Waals surface area contributed by atoms with E-state index in [2.05, 4.69) is 5.32 Å². The number of rotatable bonds is 4. The average molecular weight is 235 g/mol. The van der Waals surface area contributed by atoms with E-state index in [0.29, 0.717) is 0 Å². The van der Waals surface area contributed by atoms with E-state index in [9.17, 15) is 9.59 Å². The van der Waals surface area contributed by atoms with Crippen LogP contribution in [0.2, 0.25) is 0 Å².